The lowest BCUT2D eigenvalue weighted by Gasteiger charge is -2.20. The van der Waals surface area contributed by atoms with Crippen molar-refractivity contribution in [2.24, 2.45) is 5.92 Å². The normalized spacial score (nSPS) is 12.1. The van der Waals surface area contributed by atoms with Crippen LogP contribution in [-0.4, -0.2) is 34.4 Å². The van der Waals surface area contributed by atoms with Crippen LogP contribution in [0.1, 0.15) is 38.0 Å². The number of nitrogens with one attached hydrogen (secondary N) is 2. The predicted octanol–water partition coefficient (Wildman–Crippen LogP) is 0.913. The lowest BCUT2D eigenvalue weighted by atomic mass is 10.0. The van der Waals surface area contributed by atoms with Gasteiger partial charge < -0.3 is 10.6 Å². The van der Waals surface area contributed by atoms with Crippen LogP contribution in [0.25, 0.3) is 0 Å². The lowest BCUT2D eigenvalue weighted by molar-refractivity contribution is -0.129. The minimum atomic E-state index is -0.511. The Labute approximate surface area is 125 Å². The summed E-state index contributed by atoms with van der Waals surface area (Å²) in [6, 6.07) is 1.40. The number of amides is 2. The molecule has 0 saturated heterocycles. The number of rotatable bonds is 6. The second-order valence-corrected chi connectivity index (χ2v) is 5.53. The van der Waals surface area contributed by atoms with E-state index in [1.165, 1.54) is 6.92 Å². The molecule has 0 saturated carbocycles. The molecule has 0 radical (unpaired) electrons. The summed E-state index contributed by atoms with van der Waals surface area (Å²) >= 11 is 0. The molecule has 0 aliphatic carbocycles. The molecular weight excluding hydrogens is 268 g/mol. The fourth-order valence-electron chi connectivity index (χ4n) is 2.07. The van der Waals surface area contributed by atoms with Crippen molar-refractivity contribution in [3.05, 3.63) is 23.3 Å². The Hall–Kier alpha value is -1.98. The summed E-state index contributed by atoms with van der Waals surface area (Å²) in [6.45, 7) is 9.49. The van der Waals surface area contributed by atoms with Gasteiger partial charge in [0.15, 0.2) is 0 Å². The van der Waals surface area contributed by atoms with Crippen molar-refractivity contribution in [3.8, 4) is 0 Å². The highest BCUT2D eigenvalue weighted by Gasteiger charge is 2.22. The van der Waals surface area contributed by atoms with Gasteiger partial charge in [-0.15, -0.1) is 0 Å². The van der Waals surface area contributed by atoms with Gasteiger partial charge in [-0.1, -0.05) is 13.8 Å². The van der Waals surface area contributed by atoms with E-state index >= 15 is 0 Å². The summed E-state index contributed by atoms with van der Waals surface area (Å²) in [6.07, 6.45) is 0.569. The summed E-state index contributed by atoms with van der Waals surface area (Å²) in [4.78, 5) is 31.9. The van der Waals surface area contributed by atoms with Gasteiger partial charge in [0.1, 0.15) is 11.9 Å². The van der Waals surface area contributed by atoms with Crippen molar-refractivity contribution in [1.29, 1.82) is 0 Å². The third kappa shape index (κ3) is 5.89. The number of hydrogen-bond donors (Lipinski definition) is 2. The van der Waals surface area contributed by atoms with Crippen molar-refractivity contribution in [1.82, 2.24) is 20.6 Å². The Balaban J connectivity index is 2.53. The largest absolute Gasteiger partial charge is 0.354 e. The standard InChI is InChI=1S/C15H24N4O2/c1-9(2)14(19-12(5)20)15(21)16-7-6-13-17-10(3)8-11(4)18-13/h8-9,14H,6-7H2,1-5H3,(H,16,21)(H,19,20). The van der Waals surface area contributed by atoms with Crippen molar-refractivity contribution in [2.75, 3.05) is 6.54 Å². The second kappa shape index (κ2) is 7.71. The average Bonchev–Trinajstić information content (AvgIpc) is 2.34. The molecule has 1 heterocycles. The van der Waals surface area contributed by atoms with E-state index in [2.05, 4.69) is 20.6 Å². The van der Waals surface area contributed by atoms with E-state index in [1.54, 1.807) is 0 Å². The van der Waals surface area contributed by atoms with Crippen LogP contribution < -0.4 is 10.6 Å². The van der Waals surface area contributed by atoms with Crippen LogP contribution in [0.15, 0.2) is 6.07 Å². The van der Waals surface area contributed by atoms with Crippen LogP contribution in [0.5, 0.6) is 0 Å². The van der Waals surface area contributed by atoms with Crippen LogP contribution >= 0.6 is 0 Å². The minimum absolute atomic E-state index is 0.0337. The van der Waals surface area contributed by atoms with E-state index in [0.29, 0.717) is 18.8 Å². The van der Waals surface area contributed by atoms with Crippen LogP contribution in [0, 0.1) is 19.8 Å². The number of carbonyl (C=O) groups excluding carboxylic acids is 2. The smallest absolute Gasteiger partial charge is 0.242 e. The molecule has 1 aromatic heterocycles. The van der Waals surface area contributed by atoms with E-state index < -0.39 is 6.04 Å². The fraction of sp³-hybridized carbons (Fsp3) is 0.600. The van der Waals surface area contributed by atoms with Gasteiger partial charge in [0.05, 0.1) is 0 Å². The molecule has 0 aliphatic rings. The van der Waals surface area contributed by atoms with Crippen LogP contribution in [-0.2, 0) is 16.0 Å². The maximum atomic E-state index is 12.1. The monoisotopic (exact) mass is 292 g/mol. The summed E-state index contributed by atoms with van der Waals surface area (Å²) in [5.74, 6) is 0.367. The average molecular weight is 292 g/mol. The molecule has 0 aromatic carbocycles. The molecule has 2 N–H and O–H groups in total. The molecule has 1 aromatic rings. The van der Waals surface area contributed by atoms with Crippen molar-refractivity contribution in [2.45, 2.75) is 47.1 Å². The predicted molar refractivity (Wildman–Crippen MR) is 80.7 cm³/mol. The molecule has 6 heteroatoms. The topological polar surface area (TPSA) is 84.0 Å². The third-order valence-electron chi connectivity index (χ3n) is 2.98. The first-order valence-electron chi connectivity index (χ1n) is 7.15. The molecule has 1 unspecified atom stereocenters. The molecule has 21 heavy (non-hydrogen) atoms. The molecular formula is C15H24N4O2. The Morgan fingerprint density at radius 2 is 1.76 bits per heavy atom. The Kier molecular flexibility index (Phi) is 6.27. The van der Waals surface area contributed by atoms with Crippen LogP contribution in [0.2, 0.25) is 0 Å². The summed E-state index contributed by atoms with van der Waals surface area (Å²) < 4.78 is 0. The first-order chi connectivity index (χ1) is 9.79. The van der Waals surface area contributed by atoms with Crippen LogP contribution in [0.3, 0.4) is 0 Å². The zero-order chi connectivity index (χ0) is 16.0. The zero-order valence-corrected chi connectivity index (χ0v) is 13.4. The molecule has 0 spiro atoms. The van der Waals surface area contributed by atoms with E-state index in [1.807, 2.05) is 33.8 Å². The fourth-order valence-corrected chi connectivity index (χ4v) is 2.07. The van der Waals surface area contributed by atoms with Gasteiger partial charge in [0, 0.05) is 31.3 Å². The first kappa shape index (κ1) is 17.1. The number of hydrogen-bond acceptors (Lipinski definition) is 4. The molecule has 1 atom stereocenters. The SMILES string of the molecule is CC(=O)NC(C(=O)NCCc1nc(C)cc(C)n1)C(C)C. The first-order valence-corrected chi connectivity index (χ1v) is 7.15. The van der Waals surface area contributed by atoms with Gasteiger partial charge in [0.25, 0.3) is 0 Å². The second-order valence-electron chi connectivity index (χ2n) is 5.53. The Morgan fingerprint density at radius 3 is 2.24 bits per heavy atom. The van der Waals surface area contributed by atoms with E-state index in [0.717, 1.165) is 11.4 Å². The number of aryl methyl sites for hydroxylation is 2. The molecule has 0 fully saturated rings. The summed E-state index contributed by atoms with van der Waals surface area (Å²) in [5, 5.41) is 5.49. The van der Waals surface area contributed by atoms with E-state index in [-0.39, 0.29) is 17.7 Å². The van der Waals surface area contributed by atoms with Crippen LogP contribution in [0.4, 0.5) is 0 Å². The van der Waals surface area contributed by atoms with Gasteiger partial charge in [-0.05, 0) is 25.8 Å². The Bertz CT molecular complexity index is 494. The molecule has 6 nitrogen and oxygen atoms in total. The van der Waals surface area contributed by atoms with E-state index in [4.69, 9.17) is 0 Å². The van der Waals surface area contributed by atoms with Crippen molar-refractivity contribution < 1.29 is 9.59 Å². The lowest BCUT2D eigenvalue weighted by Crippen LogP contribution is -2.49. The summed E-state index contributed by atoms with van der Waals surface area (Å²) in [7, 11) is 0. The number of carbonyl (C=O) groups is 2. The molecule has 0 bridgehead atoms. The maximum absolute atomic E-state index is 12.1. The van der Waals surface area contributed by atoms with Crippen molar-refractivity contribution >= 4 is 11.8 Å². The molecule has 1 rings (SSSR count). The van der Waals surface area contributed by atoms with Gasteiger partial charge in [0.2, 0.25) is 11.8 Å². The Morgan fingerprint density at radius 1 is 1.19 bits per heavy atom. The number of nitrogens with zero attached hydrogens (tertiary/aromatic N) is 2. The number of aromatic nitrogens is 2. The third-order valence-corrected chi connectivity index (χ3v) is 2.98. The van der Waals surface area contributed by atoms with Crippen molar-refractivity contribution in [3.63, 3.8) is 0 Å². The molecule has 0 aliphatic heterocycles. The van der Waals surface area contributed by atoms with Gasteiger partial charge in [-0.3, -0.25) is 9.59 Å². The molecule has 2 amide bonds. The van der Waals surface area contributed by atoms with E-state index in [9.17, 15) is 9.59 Å². The quantitative estimate of drug-likeness (QED) is 0.816. The highest BCUT2D eigenvalue weighted by atomic mass is 16.2. The maximum Gasteiger partial charge on any atom is 0.242 e. The van der Waals surface area contributed by atoms with Gasteiger partial charge in [-0.25, -0.2) is 9.97 Å². The molecule has 116 valence electrons. The van der Waals surface area contributed by atoms with Gasteiger partial charge >= 0.3 is 0 Å². The zero-order valence-electron chi connectivity index (χ0n) is 13.4. The summed E-state index contributed by atoms with van der Waals surface area (Å²) in [5.41, 5.74) is 1.84. The highest BCUT2D eigenvalue weighted by molar-refractivity contribution is 5.86. The minimum Gasteiger partial charge on any atom is -0.354 e. The van der Waals surface area contributed by atoms with Gasteiger partial charge in [-0.2, -0.15) is 0 Å². The highest BCUT2D eigenvalue weighted by Crippen LogP contribution is 2.02.